The molecule has 4 rings (SSSR count). The summed E-state index contributed by atoms with van der Waals surface area (Å²) in [6.07, 6.45) is 0.702. The Bertz CT molecular complexity index is 1110. The van der Waals surface area contributed by atoms with Gasteiger partial charge in [0.2, 0.25) is 0 Å². The first-order chi connectivity index (χ1) is 14.9. The molecule has 0 bridgehead atoms. The molecule has 6 nitrogen and oxygen atoms in total. The van der Waals surface area contributed by atoms with Gasteiger partial charge in [0, 0.05) is 31.4 Å². The molecule has 3 aromatic rings. The minimum atomic E-state index is -0.359. The lowest BCUT2D eigenvalue weighted by molar-refractivity contribution is 0.0745. The number of nitrogens with one attached hydrogen (secondary N) is 1. The molecule has 2 amide bonds. The number of benzene rings is 2. The molecule has 0 atom stereocenters. The molecule has 0 saturated heterocycles. The van der Waals surface area contributed by atoms with Crippen LogP contribution in [-0.4, -0.2) is 33.0 Å². The number of anilines is 1. The van der Waals surface area contributed by atoms with Crippen LogP contribution in [0.2, 0.25) is 0 Å². The summed E-state index contributed by atoms with van der Waals surface area (Å²) in [6.45, 7) is 5.62. The van der Waals surface area contributed by atoms with Crippen molar-refractivity contribution in [3.05, 3.63) is 82.9 Å². The first kappa shape index (κ1) is 20.8. The van der Waals surface area contributed by atoms with Gasteiger partial charge in [-0.25, -0.2) is 4.39 Å². The second kappa shape index (κ2) is 8.71. The average molecular weight is 420 g/mol. The fraction of sp³-hybridized carbons (Fsp3) is 0.292. The summed E-state index contributed by atoms with van der Waals surface area (Å²) in [7, 11) is 0. The Hall–Kier alpha value is -3.48. The van der Waals surface area contributed by atoms with Crippen LogP contribution in [0.15, 0.2) is 54.6 Å². The SMILES string of the molecule is CC(C)c1ccc(NC(=O)c2cc3n(n2)CCCN(Cc2cccc(F)c2)C3=O)cc1. The minimum Gasteiger partial charge on any atom is -0.333 e. The number of carbonyl (C=O) groups excluding carboxylic acids is 2. The number of amides is 2. The van der Waals surface area contributed by atoms with Gasteiger partial charge in [-0.05, 0) is 47.7 Å². The van der Waals surface area contributed by atoms with E-state index in [0.717, 1.165) is 5.56 Å². The van der Waals surface area contributed by atoms with Gasteiger partial charge < -0.3 is 10.2 Å². The quantitative estimate of drug-likeness (QED) is 0.663. The van der Waals surface area contributed by atoms with E-state index < -0.39 is 0 Å². The first-order valence-corrected chi connectivity index (χ1v) is 10.4. The monoisotopic (exact) mass is 420 g/mol. The lowest BCUT2D eigenvalue weighted by Gasteiger charge is -2.20. The Balaban J connectivity index is 1.50. The molecule has 0 unspecified atom stereocenters. The molecule has 0 aliphatic carbocycles. The maximum Gasteiger partial charge on any atom is 0.276 e. The normalized spacial score (nSPS) is 13.8. The molecule has 1 aliphatic rings. The van der Waals surface area contributed by atoms with Crippen LogP contribution < -0.4 is 5.32 Å². The van der Waals surface area contributed by atoms with Crippen molar-refractivity contribution >= 4 is 17.5 Å². The van der Waals surface area contributed by atoms with E-state index in [1.807, 2.05) is 24.3 Å². The molecule has 0 spiro atoms. The molecule has 1 aliphatic heterocycles. The van der Waals surface area contributed by atoms with E-state index in [2.05, 4.69) is 24.3 Å². The summed E-state index contributed by atoms with van der Waals surface area (Å²) in [5, 5.41) is 7.20. The van der Waals surface area contributed by atoms with Crippen molar-refractivity contribution in [2.24, 2.45) is 0 Å². The van der Waals surface area contributed by atoms with Gasteiger partial charge in [-0.2, -0.15) is 5.10 Å². The molecular weight excluding hydrogens is 395 g/mol. The van der Waals surface area contributed by atoms with Gasteiger partial charge >= 0.3 is 0 Å². The highest BCUT2D eigenvalue weighted by molar-refractivity contribution is 6.04. The molecule has 7 heteroatoms. The van der Waals surface area contributed by atoms with Gasteiger partial charge in [-0.1, -0.05) is 38.1 Å². The highest BCUT2D eigenvalue weighted by atomic mass is 19.1. The molecular formula is C24H25FN4O2. The molecule has 1 N–H and O–H groups in total. The van der Waals surface area contributed by atoms with Gasteiger partial charge in [0.25, 0.3) is 11.8 Å². The summed E-state index contributed by atoms with van der Waals surface area (Å²) in [6, 6.07) is 15.5. The van der Waals surface area contributed by atoms with Crippen molar-refractivity contribution in [3.63, 3.8) is 0 Å². The number of nitrogens with zero attached hydrogens (tertiary/aromatic N) is 3. The van der Waals surface area contributed by atoms with E-state index in [1.165, 1.54) is 23.8 Å². The first-order valence-electron chi connectivity index (χ1n) is 10.4. The van der Waals surface area contributed by atoms with Crippen molar-refractivity contribution in [3.8, 4) is 0 Å². The summed E-state index contributed by atoms with van der Waals surface area (Å²) < 4.78 is 15.1. The van der Waals surface area contributed by atoms with E-state index in [0.29, 0.717) is 43.4 Å². The number of rotatable bonds is 5. The van der Waals surface area contributed by atoms with E-state index in [4.69, 9.17) is 0 Å². The van der Waals surface area contributed by atoms with Crippen molar-refractivity contribution in [1.82, 2.24) is 14.7 Å². The highest BCUT2D eigenvalue weighted by Crippen LogP contribution is 2.20. The predicted molar refractivity (Wildman–Crippen MR) is 116 cm³/mol. The highest BCUT2D eigenvalue weighted by Gasteiger charge is 2.26. The smallest absolute Gasteiger partial charge is 0.276 e. The zero-order valence-corrected chi connectivity index (χ0v) is 17.6. The summed E-state index contributed by atoms with van der Waals surface area (Å²) in [4.78, 5) is 27.4. The Morgan fingerprint density at radius 3 is 2.61 bits per heavy atom. The lowest BCUT2D eigenvalue weighted by atomic mass is 10.0. The van der Waals surface area contributed by atoms with Crippen LogP contribution in [0.25, 0.3) is 0 Å². The predicted octanol–water partition coefficient (Wildman–Crippen LogP) is 4.44. The zero-order valence-electron chi connectivity index (χ0n) is 17.6. The number of carbonyl (C=O) groups is 2. The third-order valence-electron chi connectivity index (χ3n) is 5.41. The summed E-state index contributed by atoms with van der Waals surface area (Å²) >= 11 is 0. The van der Waals surface area contributed by atoms with Crippen molar-refractivity contribution < 1.29 is 14.0 Å². The van der Waals surface area contributed by atoms with Crippen LogP contribution in [0.4, 0.5) is 10.1 Å². The van der Waals surface area contributed by atoms with Crippen LogP contribution in [0, 0.1) is 5.82 Å². The number of hydrogen-bond donors (Lipinski definition) is 1. The van der Waals surface area contributed by atoms with Gasteiger partial charge in [0.1, 0.15) is 11.5 Å². The topological polar surface area (TPSA) is 67.2 Å². The fourth-order valence-electron chi connectivity index (χ4n) is 3.70. The number of fused-ring (bicyclic) bond motifs is 1. The van der Waals surface area contributed by atoms with Crippen LogP contribution >= 0.6 is 0 Å². The minimum absolute atomic E-state index is 0.198. The number of hydrogen-bond acceptors (Lipinski definition) is 3. The maximum absolute atomic E-state index is 13.5. The fourth-order valence-corrected chi connectivity index (χ4v) is 3.70. The number of aromatic nitrogens is 2. The second-order valence-electron chi connectivity index (χ2n) is 8.08. The lowest BCUT2D eigenvalue weighted by Crippen LogP contribution is -2.30. The van der Waals surface area contributed by atoms with Gasteiger partial charge in [-0.15, -0.1) is 0 Å². The van der Waals surface area contributed by atoms with Gasteiger partial charge in [0.15, 0.2) is 5.69 Å². The van der Waals surface area contributed by atoms with Crippen LogP contribution in [0.1, 0.15) is 58.3 Å². The molecule has 31 heavy (non-hydrogen) atoms. The van der Waals surface area contributed by atoms with Gasteiger partial charge in [0.05, 0.1) is 0 Å². The van der Waals surface area contributed by atoms with Crippen molar-refractivity contribution in [2.75, 3.05) is 11.9 Å². The Morgan fingerprint density at radius 2 is 1.90 bits per heavy atom. The van der Waals surface area contributed by atoms with E-state index in [1.54, 1.807) is 21.7 Å². The van der Waals surface area contributed by atoms with Crippen LogP contribution in [-0.2, 0) is 13.1 Å². The number of halogens is 1. The Kier molecular flexibility index (Phi) is 5.84. The number of aryl methyl sites for hydroxylation is 1. The summed E-state index contributed by atoms with van der Waals surface area (Å²) in [5.74, 6) is -0.489. The zero-order chi connectivity index (χ0) is 22.0. The van der Waals surface area contributed by atoms with E-state index in [-0.39, 0.29) is 23.3 Å². The molecule has 160 valence electrons. The molecule has 0 fully saturated rings. The average Bonchev–Trinajstić information content (AvgIpc) is 3.11. The van der Waals surface area contributed by atoms with E-state index in [9.17, 15) is 14.0 Å². The molecule has 0 saturated carbocycles. The molecule has 0 radical (unpaired) electrons. The Morgan fingerprint density at radius 1 is 1.13 bits per heavy atom. The largest absolute Gasteiger partial charge is 0.333 e. The third-order valence-corrected chi connectivity index (χ3v) is 5.41. The van der Waals surface area contributed by atoms with Crippen LogP contribution in [0.5, 0.6) is 0 Å². The Labute approximate surface area is 180 Å². The van der Waals surface area contributed by atoms with Gasteiger partial charge in [-0.3, -0.25) is 14.3 Å². The summed E-state index contributed by atoms with van der Waals surface area (Å²) in [5.41, 5.74) is 3.16. The molecule has 1 aromatic heterocycles. The second-order valence-corrected chi connectivity index (χ2v) is 8.08. The molecule has 2 heterocycles. The van der Waals surface area contributed by atoms with E-state index >= 15 is 0 Å². The third kappa shape index (κ3) is 4.66. The van der Waals surface area contributed by atoms with Crippen molar-refractivity contribution in [1.29, 1.82) is 0 Å². The molecule has 2 aromatic carbocycles. The van der Waals surface area contributed by atoms with Crippen molar-refractivity contribution in [2.45, 2.75) is 39.3 Å². The maximum atomic E-state index is 13.5. The standard InChI is InChI=1S/C24H25FN4O2/c1-16(2)18-7-9-20(10-8-18)26-23(30)21-14-22-24(31)28(11-4-12-29(22)27-21)15-17-5-3-6-19(25)13-17/h3,5-10,13-14,16H,4,11-12,15H2,1-2H3,(H,26,30). The van der Waals surface area contributed by atoms with Crippen LogP contribution in [0.3, 0.4) is 0 Å².